The lowest BCUT2D eigenvalue weighted by molar-refractivity contribution is 0.420. The third-order valence-corrected chi connectivity index (χ3v) is 2.02. The van der Waals surface area contributed by atoms with Crippen LogP contribution in [0.25, 0.3) is 0 Å². The van der Waals surface area contributed by atoms with Crippen molar-refractivity contribution in [1.82, 2.24) is 5.32 Å². The molecule has 0 unspecified atom stereocenters. The first kappa shape index (κ1) is 8.02. The molecule has 0 amide bonds. The summed E-state index contributed by atoms with van der Waals surface area (Å²) in [4.78, 5) is 0. The summed E-state index contributed by atoms with van der Waals surface area (Å²) in [5, 5.41) is 3.43. The van der Waals surface area contributed by atoms with Crippen molar-refractivity contribution < 1.29 is 0 Å². The van der Waals surface area contributed by atoms with E-state index in [9.17, 15) is 0 Å². The Hall–Kier alpha value is -0.0800. The van der Waals surface area contributed by atoms with Gasteiger partial charge in [-0.25, -0.2) is 0 Å². The smallest absolute Gasteiger partial charge is 0.00770 e. The predicted molar refractivity (Wildman–Crippen MR) is 43.6 cm³/mol. The van der Waals surface area contributed by atoms with Crippen molar-refractivity contribution in [2.24, 2.45) is 5.73 Å². The summed E-state index contributed by atoms with van der Waals surface area (Å²) in [5.74, 6) is 0. The van der Waals surface area contributed by atoms with Gasteiger partial charge in [0, 0.05) is 19.1 Å². The van der Waals surface area contributed by atoms with Gasteiger partial charge < -0.3 is 11.1 Å². The number of hydrogen-bond acceptors (Lipinski definition) is 2. The van der Waals surface area contributed by atoms with E-state index in [1.807, 2.05) is 0 Å². The van der Waals surface area contributed by atoms with E-state index in [-0.39, 0.29) is 0 Å². The molecule has 10 heavy (non-hydrogen) atoms. The zero-order chi connectivity index (χ0) is 7.23. The molecule has 1 aliphatic carbocycles. The van der Waals surface area contributed by atoms with Gasteiger partial charge in [-0.05, 0) is 32.1 Å². The minimum atomic E-state index is 0.744. The van der Waals surface area contributed by atoms with Crippen LogP contribution in [0.5, 0.6) is 0 Å². The number of hydrogen-bond donors (Lipinski definition) is 2. The highest BCUT2D eigenvalue weighted by atomic mass is 14.9. The van der Waals surface area contributed by atoms with Gasteiger partial charge in [0.25, 0.3) is 0 Å². The van der Waals surface area contributed by atoms with Crippen LogP contribution in [0.3, 0.4) is 0 Å². The first-order valence-corrected chi connectivity index (χ1v) is 4.18. The fourth-order valence-corrected chi connectivity index (χ4v) is 1.42. The second-order valence-corrected chi connectivity index (χ2v) is 2.88. The quantitative estimate of drug-likeness (QED) is 0.606. The van der Waals surface area contributed by atoms with E-state index >= 15 is 0 Å². The van der Waals surface area contributed by atoms with E-state index in [0.717, 1.165) is 19.1 Å². The van der Waals surface area contributed by atoms with Crippen LogP contribution in [0.4, 0.5) is 0 Å². The second kappa shape index (κ2) is 4.69. The Morgan fingerprint density at radius 3 is 2.70 bits per heavy atom. The SMILES string of the molecule is NCCNC1CC[CH]CC1. The minimum Gasteiger partial charge on any atom is -0.329 e. The first-order valence-electron chi connectivity index (χ1n) is 4.18. The fraction of sp³-hybridized carbons (Fsp3) is 0.875. The maximum atomic E-state index is 5.38. The molecule has 0 spiro atoms. The van der Waals surface area contributed by atoms with Crippen molar-refractivity contribution >= 4 is 0 Å². The Balaban J connectivity index is 2.02. The van der Waals surface area contributed by atoms with Crippen molar-refractivity contribution in [3.8, 4) is 0 Å². The van der Waals surface area contributed by atoms with Crippen LogP contribution in [0, 0.1) is 6.42 Å². The van der Waals surface area contributed by atoms with Crippen molar-refractivity contribution in [3.63, 3.8) is 0 Å². The fourth-order valence-electron chi connectivity index (χ4n) is 1.42. The molecule has 0 bridgehead atoms. The highest BCUT2D eigenvalue weighted by molar-refractivity contribution is 4.80. The van der Waals surface area contributed by atoms with Crippen LogP contribution >= 0.6 is 0 Å². The molecule has 1 saturated carbocycles. The van der Waals surface area contributed by atoms with Gasteiger partial charge in [-0.1, -0.05) is 0 Å². The van der Waals surface area contributed by atoms with Gasteiger partial charge in [0.1, 0.15) is 0 Å². The van der Waals surface area contributed by atoms with Gasteiger partial charge in [0.05, 0.1) is 0 Å². The van der Waals surface area contributed by atoms with Crippen LogP contribution < -0.4 is 11.1 Å². The Kier molecular flexibility index (Phi) is 3.76. The molecule has 1 radical (unpaired) electrons. The molecular formula is C8H17N2. The monoisotopic (exact) mass is 141 g/mol. The first-order chi connectivity index (χ1) is 4.93. The molecule has 0 atom stereocenters. The number of rotatable bonds is 3. The third-order valence-electron chi connectivity index (χ3n) is 2.02. The van der Waals surface area contributed by atoms with Crippen molar-refractivity contribution in [2.75, 3.05) is 13.1 Å². The molecule has 1 rings (SSSR count). The molecule has 0 saturated heterocycles. The molecule has 2 nitrogen and oxygen atoms in total. The maximum Gasteiger partial charge on any atom is 0.00770 e. The van der Waals surface area contributed by atoms with Gasteiger partial charge >= 0.3 is 0 Å². The third kappa shape index (κ3) is 2.67. The Morgan fingerprint density at radius 2 is 2.10 bits per heavy atom. The normalized spacial score (nSPS) is 21.3. The van der Waals surface area contributed by atoms with Crippen molar-refractivity contribution in [1.29, 1.82) is 0 Å². The van der Waals surface area contributed by atoms with E-state index in [2.05, 4.69) is 11.7 Å². The molecule has 3 N–H and O–H groups in total. The summed E-state index contributed by atoms with van der Waals surface area (Å²) in [6, 6.07) is 0.744. The molecule has 2 heteroatoms. The Morgan fingerprint density at radius 1 is 1.40 bits per heavy atom. The summed E-state index contributed by atoms with van der Waals surface area (Å²) in [5.41, 5.74) is 5.38. The van der Waals surface area contributed by atoms with E-state index in [1.165, 1.54) is 25.7 Å². The molecule has 0 heterocycles. The maximum absolute atomic E-state index is 5.38. The lowest BCUT2D eigenvalue weighted by Crippen LogP contribution is -2.34. The van der Waals surface area contributed by atoms with E-state index < -0.39 is 0 Å². The predicted octanol–water partition coefficient (Wildman–Crippen LogP) is 0.682. The largest absolute Gasteiger partial charge is 0.329 e. The Labute approximate surface area is 63.2 Å². The van der Waals surface area contributed by atoms with E-state index in [1.54, 1.807) is 0 Å². The molecule has 0 aromatic carbocycles. The number of nitrogens with two attached hydrogens (primary N) is 1. The topological polar surface area (TPSA) is 38.0 Å². The molecule has 0 aromatic heterocycles. The van der Waals surface area contributed by atoms with Gasteiger partial charge in [-0.15, -0.1) is 0 Å². The summed E-state index contributed by atoms with van der Waals surface area (Å²) in [7, 11) is 0. The summed E-state index contributed by atoms with van der Waals surface area (Å²) >= 11 is 0. The minimum absolute atomic E-state index is 0.744. The summed E-state index contributed by atoms with van der Waals surface area (Å²) in [6.45, 7) is 1.74. The molecular weight excluding hydrogens is 124 g/mol. The van der Waals surface area contributed by atoms with Crippen LogP contribution in [0.2, 0.25) is 0 Å². The summed E-state index contributed by atoms with van der Waals surface area (Å²) in [6.07, 6.45) is 7.55. The van der Waals surface area contributed by atoms with Crippen LogP contribution in [0.15, 0.2) is 0 Å². The van der Waals surface area contributed by atoms with Gasteiger partial charge in [0.2, 0.25) is 0 Å². The van der Waals surface area contributed by atoms with E-state index in [4.69, 9.17) is 5.73 Å². The van der Waals surface area contributed by atoms with Gasteiger partial charge in [-0.2, -0.15) is 0 Å². The zero-order valence-electron chi connectivity index (χ0n) is 6.47. The second-order valence-electron chi connectivity index (χ2n) is 2.88. The average molecular weight is 141 g/mol. The van der Waals surface area contributed by atoms with Crippen LogP contribution in [0.1, 0.15) is 25.7 Å². The highest BCUT2D eigenvalue weighted by Crippen LogP contribution is 2.15. The van der Waals surface area contributed by atoms with Crippen molar-refractivity contribution in [3.05, 3.63) is 6.42 Å². The van der Waals surface area contributed by atoms with Crippen molar-refractivity contribution in [2.45, 2.75) is 31.7 Å². The standard InChI is InChI=1S/C8H17N2/c9-6-7-10-8-4-2-1-3-5-8/h1,8,10H,2-7,9H2. The lowest BCUT2D eigenvalue weighted by atomic mass is 9.96. The summed E-state index contributed by atoms with van der Waals surface area (Å²) < 4.78 is 0. The van der Waals surface area contributed by atoms with Crippen LogP contribution in [-0.2, 0) is 0 Å². The average Bonchev–Trinajstić information content (AvgIpc) is 2.03. The van der Waals surface area contributed by atoms with Crippen LogP contribution in [-0.4, -0.2) is 19.1 Å². The molecule has 1 fully saturated rings. The number of nitrogens with one attached hydrogen (secondary N) is 1. The molecule has 1 aliphatic rings. The molecule has 59 valence electrons. The molecule has 0 aromatic rings. The van der Waals surface area contributed by atoms with Gasteiger partial charge in [-0.3, -0.25) is 0 Å². The molecule has 0 aliphatic heterocycles. The van der Waals surface area contributed by atoms with E-state index in [0.29, 0.717) is 0 Å². The lowest BCUT2D eigenvalue weighted by Gasteiger charge is -2.22. The van der Waals surface area contributed by atoms with Gasteiger partial charge in [0.15, 0.2) is 0 Å². The zero-order valence-corrected chi connectivity index (χ0v) is 6.47. The Bertz CT molecular complexity index is 77.3. The highest BCUT2D eigenvalue weighted by Gasteiger charge is 2.11.